The molecule has 37 heavy (non-hydrogen) atoms. The Balaban J connectivity index is 1.60. The summed E-state index contributed by atoms with van der Waals surface area (Å²) in [6.45, 7) is 3.87. The molecular formula is C27H22FN7O2. The first kappa shape index (κ1) is 23.6. The Morgan fingerprint density at radius 2 is 1.84 bits per heavy atom. The van der Waals surface area contributed by atoms with E-state index < -0.39 is 5.95 Å². The predicted octanol–water partition coefficient (Wildman–Crippen LogP) is 5.20. The number of carbonyl (C=O) groups is 2. The molecule has 0 saturated heterocycles. The maximum Gasteiger partial charge on any atom is 0.334 e. The van der Waals surface area contributed by atoms with E-state index >= 15 is 0 Å². The molecule has 0 saturated carbocycles. The van der Waals surface area contributed by atoms with Crippen LogP contribution in [0.15, 0.2) is 91.8 Å². The summed E-state index contributed by atoms with van der Waals surface area (Å²) in [4.78, 5) is 41.6. The van der Waals surface area contributed by atoms with Crippen molar-refractivity contribution in [1.29, 1.82) is 0 Å². The summed E-state index contributed by atoms with van der Waals surface area (Å²) in [6.07, 6.45) is 4.62. The summed E-state index contributed by atoms with van der Waals surface area (Å²) in [5.74, 6) is -0.627. The molecule has 2 N–H and O–H groups in total. The van der Waals surface area contributed by atoms with Gasteiger partial charge in [0.25, 0.3) is 0 Å². The molecule has 3 heterocycles. The van der Waals surface area contributed by atoms with E-state index in [9.17, 15) is 14.0 Å². The molecule has 0 aliphatic carbocycles. The highest BCUT2D eigenvalue weighted by molar-refractivity contribution is 6.09. The second-order valence-electron chi connectivity index (χ2n) is 8.11. The molecule has 2 aromatic carbocycles. The lowest BCUT2D eigenvalue weighted by atomic mass is 10.2. The Hall–Kier alpha value is -5.12. The maximum absolute atomic E-state index is 14.2. The smallest absolute Gasteiger partial charge is 0.322 e. The van der Waals surface area contributed by atoms with Gasteiger partial charge in [-0.15, -0.1) is 0 Å². The summed E-state index contributed by atoms with van der Waals surface area (Å²) in [6, 6.07) is 18.9. The summed E-state index contributed by atoms with van der Waals surface area (Å²) in [5.41, 5.74) is 2.52. The number of amides is 3. The highest BCUT2D eigenvalue weighted by Crippen LogP contribution is 2.35. The monoisotopic (exact) mass is 495 g/mol. The molecule has 0 bridgehead atoms. The van der Waals surface area contributed by atoms with Crippen molar-refractivity contribution in [2.45, 2.75) is 6.42 Å². The molecule has 9 nitrogen and oxygen atoms in total. The molecule has 1 aliphatic rings. The molecule has 4 aromatic rings. The van der Waals surface area contributed by atoms with E-state index in [-0.39, 0.29) is 23.6 Å². The number of benzene rings is 2. The second-order valence-corrected chi connectivity index (χ2v) is 8.11. The zero-order valence-corrected chi connectivity index (χ0v) is 19.6. The Bertz CT molecular complexity index is 1480. The van der Waals surface area contributed by atoms with Crippen molar-refractivity contribution in [3.63, 3.8) is 0 Å². The highest BCUT2D eigenvalue weighted by Gasteiger charge is 2.32. The molecule has 2 aromatic heterocycles. The van der Waals surface area contributed by atoms with Gasteiger partial charge in [-0.1, -0.05) is 30.8 Å². The van der Waals surface area contributed by atoms with E-state index in [0.29, 0.717) is 30.2 Å². The number of fused-ring (bicyclic) bond motifs is 1. The van der Waals surface area contributed by atoms with Gasteiger partial charge in [0, 0.05) is 35.9 Å². The third kappa shape index (κ3) is 4.98. The van der Waals surface area contributed by atoms with E-state index in [1.54, 1.807) is 41.4 Å². The molecule has 0 radical (unpaired) electrons. The number of para-hydroxylation sites is 1. The summed E-state index contributed by atoms with van der Waals surface area (Å²) >= 11 is 0. The Morgan fingerprint density at radius 1 is 1.03 bits per heavy atom. The fourth-order valence-corrected chi connectivity index (χ4v) is 3.96. The van der Waals surface area contributed by atoms with Crippen molar-refractivity contribution in [3.8, 4) is 0 Å². The number of hydrogen-bond donors (Lipinski definition) is 2. The lowest BCUT2D eigenvalue weighted by Crippen LogP contribution is -2.40. The van der Waals surface area contributed by atoms with Crippen LogP contribution in [-0.4, -0.2) is 33.4 Å². The van der Waals surface area contributed by atoms with Crippen LogP contribution in [0, 0.1) is 5.95 Å². The number of hydrogen-bond acceptors (Lipinski definition) is 6. The molecule has 3 amide bonds. The minimum atomic E-state index is -0.699. The number of rotatable bonds is 6. The normalized spacial score (nSPS) is 12.9. The van der Waals surface area contributed by atoms with E-state index in [4.69, 9.17) is 0 Å². The number of urea groups is 1. The van der Waals surface area contributed by atoms with Crippen LogP contribution in [0.4, 0.5) is 43.7 Å². The summed E-state index contributed by atoms with van der Waals surface area (Å²) in [7, 11) is 0. The zero-order chi connectivity index (χ0) is 25.8. The van der Waals surface area contributed by atoms with Crippen LogP contribution in [-0.2, 0) is 11.2 Å². The number of aromatic nitrogens is 3. The lowest BCUT2D eigenvalue weighted by Gasteiger charge is -2.28. The first-order valence-corrected chi connectivity index (χ1v) is 11.5. The van der Waals surface area contributed by atoms with Gasteiger partial charge in [-0.05, 0) is 55.0 Å². The summed E-state index contributed by atoms with van der Waals surface area (Å²) < 4.78 is 14.2. The lowest BCUT2D eigenvalue weighted by molar-refractivity contribution is -0.111. The Kier molecular flexibility index (Phi) is 6.54. The summed E-state index contributed by atoms with van der Waals surface area (Å²) in [5, 5.41) is 5.55. The first-order chi connectivity index (χ1) is 18.0. The first-order valence-electron chi connectivity index (χ1n) is 11.5. The molecule has 0 atom stereocenters. The molecule has 184 valence electrons. The van der Waals surface area contributed by atoms with Crippen LogP contribution in [0.2, 0.25) is 0 Å². The molecule has 5 rings (SSSR count). The molecule has 0 spiro atoms. The number of anilines is 6. The SMILES string of the molecule is C=CC(=O)Nc1cccc(N2C(=O)N(c3ccccc3)CCc3cnc(Nc4cccnc4F)nc32)c1. The number of nitrogens with zero attached hydrogens (tertiary/aromatic N) is 5. The van der Waals surface area contributed by atoms with Crippen LogP contribution in [0.1, 0.15) is 5.56 Å². The Labute approximate surface area is 212 Å². The predicted molar refractivity (Wildman–Crippen MR) is 140 cm³/mol. The molecule has 0 unspecified atom stereocenters. The molecule has 10 heteroatoms. The number of carbonyl (C=O) groups excluding carboxylic acids is 2. The third-order valence-corrected chi connectivity index (χ3v) is 5.71. The maximum atomic E-state index is 14.2. The van der Waals surface area contributed by atoms with Crippen molar-refractivity contribution in [1.82, 2.24) is 15.0 Å². The van der Waals surface area contributed by atoms with Crippen molar-refractivity contribution in [2.75, 3.05) is 27.0 Å². The van der Waals surface area contributed by atoms with Gasteiger partial charge < -0.3 is 10.6 Å². The fourth-order valence-electron chi connectivity index (χ4n) is 3.96. The minimum Gasteiger partial charge on any atom is -0.322 e. The average Bonchev–Trinajstić information content (AvgIpc) is 3.06. The quantitative estimate of drug-likeness (QED) is 0.282. The fraction of sp³-hybridized carbons (Fsp3) is 0.0741. The largest absolute Gasteiger partial charge is 0.334 e. The topological polar surface area (TPSA) is 103 Å². The van der Waals surface area contributed by atoms with E-state index in [0.717, 1.165) is 11.3 Å². The van der Waals surface area contributed by atoms with Crippen LogP contribution < -0.4 is 20.4 Å². The number of pyridine rings is 1. The van der Waals surface area contributed by atoms with E-state index in [1.165, 1.54) is 23.2 Å². The second kappa shape index (κ2) is 10.2. The van der Waals surface area contributed by atoms with Gasteiger partial charge in [-0.2, -0.15) is 9.37 Å². The van der Waals surface area contributed by atoms with Gasteiger partial charge in [0.2, 0.25) is 17.8 Å². The highest BCUT2D eigenvalue weighted by atomic mass is 19.1. The Morgan fingerprint density at radius 3 is 2.62 bits per heavy atom. The van der Waals surface area contributed by atoms with Crippen LogP contribution in [0.5, 0.6) is 0 Å². The van der Waals surface area contributed by atoms with Crippen molar-refractivity contribution in [3.05, 3.63) is 103 Å². The van der Waals surface area contributed by atoms with Crippen LogP contribution in [0.3, 0.4) is 0 Å². The molecule has 1 aliphatic heterocycles. The van der Waals surface area contributed by atoms with Gasteiger partial charge in [-0.25, -0.2) is 19.7 Å². The number of halogens is 1. The van der Waals surface area contributed by atoms with Crippen molar-refractivity contribution < 1.29 is 14.0 Å². The molecule has 0 fully saturated rings. The van der Waals surface area contributed by atoms with Gasteiger partial charge in [0.1, 0.15) is 5.82 Å². The number of nitrogens with one attached hydrogen (secondary N) is 2. The minimum absolute atomic E-state index is 0.104. The van der Waals surface area contributed by atoms with Crippen LogP contribution in [0.25, 0.3) is 0 Å². The third-order valence-electron chi connectivity index (χ3n) is 5.71. The van der Waals surface area contributed by atoms with E-state index in [2.05, 4.69) is 32.2 Å². The standard InChI is InChI=1S/C27H22FN7O2/c1-2-23(36)31-19-8-6-11-21(16-19)35-25-18(13-15-34(27(35)37)20-9-4-3-5-10-20)17-30-26(33-25)32-22-12-7-14-29-24(22)28/h2-12,14,16-17H,1,13,15H2,(H,31,36)(H,30,32,33). The van der Waals surface area contributed by atoms with E-state index in [1.807, 2.05) is 30.3 Å². The van der Waals surface area contributed by atoms with Gasteiger partial charge in [-0.3, -0.25) is 9.69 Å². The average molecular weight is 496 g/mol. The molecular weight excluding hydrogens is 473 g/mol. The van der Waals surface area contributed by atoms with Crippen LogP contribution >= 0.6 is 0 Å². The van der Waals surface area contributed by atoms with Crippen molar-refractivity contribution >= 4 is 46.5 Å². The van der Waals surface area contributed by atoms with Gasteiger partial charge >= 0.3 is 6.03 Å². The van der Waals surface area contributed by atoms with Crippen molar-refractivity contribution in [2.24, 2.45) is 0 Å². The van der Waals surface area contributed by atoms with Gasteiger partial charge in [0.05, 0.1) is 11.4 Å². The van der Waals surface area contributed by atoms with Gasteiger partial charge in [0.15, 0.2) is 0 Å². The zero-order valence-electron chi connectivity index (χ0n) is 19.6.